The van der Waals surface area contributed by atoms with Gasteiger partial charge in [-0.25, -0.2) is 4.98 Å². The molecular formula is C14H19ClN4O4. The zero-order chi connectivity index (χ0) is 17.2. The Labute approximate surface area is 138 Å². The van der Waals surface area contributed by atoms with E-state index in [1.165, 1.54) is 0 Å². The molecule has 0 aliphatic heterocycles. The van der Waals surface area contributed by atoms with Gasteiger partial charge >= 0.3 is 11.7 Å². The van der Waals surface area contributed by atoms with Crippen molar-refractivity contribution in [3.63, 3.8) is 0 Å². The predicted molar refractivity (Wildman–Crippen MR) is 84.5 cm³/mol. The van der Waals surface area contributed by atoms with Crippen LogP contribution in [0.25, 0.3) is 0 Å². The summed E-state index contributed by atoms with van der Waals surface area (Å²) in [4.78, 5) is 29.6. The van der Waals surface area contributed by atoms with Crippen molar-refractivity contribution in [1.82, 2.24) is 9.97 Å². The number of aromatic nitrogens is 2. The average Bonchev–Trinajstić information content (AvgIpc) is 2.48. The van der Waals surface area contributed by atoms with Gasteiger partial charge in [0, 0.05) is 6.04 Å². The second-order valence-corrected chi connectivity index (χ2v) is 6.41. The summed E-state index contributed by atoms with van der Waals surface area (Å²) >= 11 is 5.72. The molecule has 3 atom stereocenters. The maximum Gasteiger partial charge on any atom is 0.329 e. The van der Waals surface area contributed by atoms with Crippen LogP contribution in [-0.2, 0) is 4.79 Å². The van der Waals surface area contributed by atoms with Crippen LogP contribution in [0.4, 0.5) is 11.5 Å². The molecule has 1 aliphatic carbocycles. The van der Waals surface area contributed by atoms with Gasteiger partial charge in [-0.3, -0.25) is 14.9 Å². The Bertz CT molecular complexity index is 627. The number of hydrogen-bond donors (Lipinski definition) is 2. The van der Waals surface area contributed by atoms with Crippen molar-refractivity contribution in [1.29, 1.82) is 0 Å². The van der Waals surface area contributed by atoms with Gasteiger partial charge in [-0.2, -0.15) is 4.98 Å². The van der Waals surface area contributed by atoms with Crippen molar-refractivity contribution in [2.45, 2.75) is 45.6 Å². The monoisotopic (exact) mass is 342 g/mol. The summed E-state index contributed by atoms with van der Waals surface area (Å²) in [7, 11) is 0. The van der Waals surface area contributed by atoms with Crippen molar-refractivity contribution in [3.05, 3.63) is 21.6 Å². The summed E-state index contributed by atoms with van der Waals surface area (Å²) in [6.07, 6.45) is 3.51. The molecule has 1 heterocycles. The lowest BCUT2D eigenvalue weighted by Gasteiger charge is -2.41. The first-order valence-corrected chi connectivity index (χ1v) is 7.82. The number of carboxylic acids is 1. The molecule has 1 aromatic heterocycles. The van der Waals surface area contributed by atoms with Crippen LogP contribution in [0.15, 0.2) is 6.20 Å². The van der Waals surface area contributed by atoms with Crippen LogP contribution < -0.4 is 5.32 Å². The van der Waals surface area contributed by atoms with Crippen LogP contribution in [0.3, 0.4) is 0 Å². The third-order valence-corrected chi connectivity index (χ3v) is 4.92. The van der Waals surface area contributed by atoms with Crippen LogP contribution >= 0.6 is 11.6 Å². The van der Waals surface area contributed by atoms with Crippen molar-refractivity contribution >= 4 is 29.1 Å². The molecule has 126 valence electrons. The summed E-state index contributed by atoms with van der Waals surface area (Å²) < 4.78 is 0. The minimum atomic E-state index is -0.793. The van der Waals surface area contributed by atoms with E-state index in [2.05, 4.69) is 15.3 Å². The molecule has 1 aromatic rings. The van der Waals surface area contributed by atoms with E-state index in [1.807, 2.05) is 6.92 Å². The zero-order valence-electron chi connectivity index (χ0n) is 13.0. The highest BCUT2D eigenvalue weighted by molar-refractivity contribution is 6.28. The Hall–Kier alpha value is -1.96. The van der Waals surface area contributed by atoms with E-state index in [9.17, 15) is 20.0 Å². The first-order valence-electron chi connectivity index (χ1n) is 7.44. The average molecular weight is 343 g/mol. The zero-order valence-corrected chi connectivity index (χ0v) is 13.7. The normalized spacial score (nSPS) is 27.4. The van der Waals surface area contributed by atoms with E-state index in [0.29, 0.717) is 19.3 Å². The summed E-state index contributed by atoms with van der Waals surface area (Å²) in [5, 5.41) is 23.5. The third kappa shape index (κ3) is 3.52. The number of nitrogens with zero attached hydrogens (tertiary/aromatic N) is 3. The van der Waals surface area contributed by atoms with Gasteiger partial charge in [0.05, 0.1) is 10.3 Å². The van der Waals surface area contributed by atoms with Crippen LogP contribution in [0, 0.1) is 21.4 Å². The molecule has 2 rings (SSSR count). The van der Waals surface area contributed by atoms with Crippen LogP contribution in [0.1, 0.15) is 39.5 Å². The second kappa shape index (κ2) is 6.66. The van der Waals surface area contributed by atoms with Gasteiger partial charge < -0.3 is 10.4 Å². The quantitative estimate of drug-likeness (QED) is 0.479. The smallest absolute Gasteiger partial charge is 0.329 e. The van der Waals surface area contributed by atoms with Gasteiger partial charge in [-0.1, -0.05) is 13.3 Å². The van der Waals surface area contributed by atoms with Gasteiger partial charge in [0.25, 0.3) is 0 Å². The van der Waals surface area contributed by atoms with Crippen molar-refractivity contribution < 1.29 is 14.8 Å². The lowest BCUT2D eigenvalue weighted by atomic mass is 9.65. The summed E-state index contributed by atoms with van der Waals surface area (Å²) in [6, 6.07) is -0.0861. The van der Waals surface area contributed by atoms with E-state index in [0.717, 1.165) is 12.6 Å². The molecule has 23 heavy (non-hydrogen) atoms. The first-order chi connectivity index (χ1) is 10.8. The number of halogens is 1. The summed E-state index contributed by atoms with van der Waals surface area (Å²) in [5.74, 6) is -0.727. The predicted octanol–water partition coefficient (Wildman–Crippen LogP) is 3.12. The molecule has 1 unspecified atom stereocenters. The maximum atomic E-state index is 11.6. The maximum absolute atomic E-state index is 11.6. The fraction of sp³-hybridized carbons (Fsp3) is 0.643. The first kappa shape index (κ1) is 17.4. The van der Waals surface area contributed by atoms with Crippen molar-refractivity contribution in [3.8, 4) is 0 Å². The Morgan fingerprint density at radius 3 is 2.91 bits per heavy atom. The lowest BCUT2D eigenvalue weighted by Crippen LogP contribution is -2.44. The number of carbonyl (C=O) groups is 1. The number of anilines is 1. The third-order valence-electron chi connectivity index (χ3n) is 4.74. The number of rotatable bonds is 5. The highest BCUT2D eigenvalue weighted by atomic mass is 35.5. The largest absolute Gasteiger partial charge is 0.481 e. The van der Waals surface area contributed by atoms with E-state index >= 15 is 0 Å². The molecule has 0 radical (unpaired) electrons. The summed E-state index contributed by atoms with van der Waals surface area (Å²) in [5.41, 5.74) is -1.00. The number of nitrogens with one attached hydrogen (secondary N) is 1. The number of aliphatic carboxylic acids is 1. The van der Waals surface area contributed by atoms with E-state index in [-0.39, 0.29) is 28.7 Å². The summed E-state index contributed by atoms with van der Waals surface area (Å²) in [6.45, 7) is 3.72. The van der Waals surface area contributed by atoms with Gasteiger partial charge in [-0.15, -0.1) is 0 Å². The number of nitro groups is 1. The van der Waals surface area contributed by atoms with Gasteiger partial charge in [0.1, 0.15) is 6.20 Å². The molecule has 0 amide bonds. The molecule has 0 aromatic carbocycles. The SMILES string of the molecule is CCC1C[C@H](Nc2nc(Cl)ncc2[N+](=O)[O-])CC[C@@]1(C)C(=O)O. The molecule has 1 saturated carbocycles. The molecule has 1 fully saturated rings. The van der Waals surface area contributed by atoms with Gasteiger partial charge in [0.15, 0.2) is 0 Å². The fourth-order valence-electron chi connectivity index (χ4n) is 3.22. The molecular weight excluding hydrogens is 324 g/mol. The Kier molecular flexibility index (Phi) is 5.03. The molecule has 2 N–H and O–H groups in total. The Balaban J connectivity index is 2.19. The van der Waals surface area contributed by atoms with Gasteiger partial charge in [-0.05, 0) is 43.7 Å². The van der Waals surface area contributed by atoms with Gasteiger partial charge in [0.2, 0.25) is 11.1 Å². The number of hydrogen-bond acceptors (Lipinski definition) is 6. The van der Waals surface area contributed by atoms with Crippen LogP contribution in [0.5, 0.6) is 0 Å². The molecule has 1 aliphatic rings. The highest BCUT2D eigenvalue weighted by Crippen LogP contribution is 2.44. The van der Waals surface area contributed by atoms with Crippen molar-refractivity contribution in [2.24, 2.45) is 11.3 Å². The highest BCUT2D eigenvalue weighted by Gasteiger charge is 2.45. The Morgan fingerprint density at radius 1 is 1.65 bits per heavy atom. The lowest BCUT2D eigenvalue weighted by molar-refractivity contribution is -0.384. The molecule has 0 spiro atoms. The Morgan fingerprint density at radius 2 is 2.35 bits per heavy atom. The molecule has 0 saturated heterocycles. The molecule has 0 bridgehead atoms. The van der Waals surface area contributed by atoms with E-state index in [4.69, 9.17) is 11.6 Å². The topological polar surface area (TPSA) is 118 Å². The standard InChI is InChI=1S/C14H19ClN4O4/c1-3-8-6-9(4-5-14(8,2)12(20)21)17-11-10(19(22)23)7-16-13(15)18-11/h7-9H,3-6H2,1-2H3,(H,20,21)(H,16,17,18)/t8?,9-,14-/m1/s1. The van der Waals surface area contributed by atoms with Crippen LogP contribution in [-0.4, -0.2) is 32.0 Å². The number of carboxylic acid groups (broad SMARTS) is 1. The second-order valence-electron chi connectivity index (χ2n) is 6.07. The fourth-order valence-corrected chi connectivity index (χ4v) is 3.35. The minimum Gasteiger partial charge on any atom is -0.481 e. The molecule has 9 heteroatoms. The minimum absolute atomic E-state index is 0.0115. The van der Waals surface area contributed by atoms with E-state index < -0.39 is 16.3 Å². The van der Waals surface area contributed by atoms with E-state index in [1.54, 1.807) is 6.92 Å². The van der Waals surface area contributed by atoms with Crippen molar-refractivity contribution in [2.75, 3.05) is 5.32 Å². The molecule has 8 nitrogen and oxygen atoms in total. The van der Waals surface area contributed by atoms with Crippen LogP contribution in [0.2, 0.25) is 5.28 Å².